The van der Waals surface area contributed by atoms with Crippen LogP contribution in [0.25, 0.3) is 0 Å². The van der Waals surface area contributed by atoms with Crippen LogP contribution in [-0.4, -0.2) is 7.11 Å². The largest absolute Gasteiger partial charge is 0.497 e. The standard InChI is InChI=1S/C18H28O/c1-4-5-12-18(2)13-10-16(11-14-18)15-6-8-17(19-3)9-7-15/h6-9,16H,4-5,10-14H2,1-3H3/t16-,18+. The Labute approximate surface area is 118 Å². The van der Waals surface area contributed by atoms with Crippen LogP contribution in [0.4, 0.5) is 0 Å². The van der Waals surface area contributed by atoms with Crippen molar-refractivity contribution in [2.45, 2.75) is 64.7 Å². The smallest absolute Gasteiger partial charge is 0.118 e. The number of hydrogen-bond acceptors (Lipinski definition) is 1. The monoisotopic (exact) mass is 260 g/mol. The molecule has 1 heteroatoms. The summed E-state index contributed by atoms with van der Waals surface area (Å²) < 4.78 is 5.23. The Hall–Kier alpha value is -0.980. The molecule has 1 nitrogen and oxygen atoms in total. The van der Waals surface area contributed by atoms with Crippen molar-refractivity contribution in [3.63, 3.8) is 0 Å². The normalized spacial score (nSPS) is 27.2. The number of benzene rings is 1. The molecule has 1 aromatic carbocycles. The maximum Gasteiger partial charge on any atom is 0.118 e. The predicted octanol–water partition coefficient (Wildman–Crippen LogP) is 5.55. The van der Waals surface area contributed by atoms with Gasteiger partial charge >= 0.3 is 0 Å². The minimum absolute atomic E-state index is 0.610. The van der Waals surface area contributed by atoms with E-state index in [1.165, 1.54) is 50.5 Å². The van der Waals surface area contributed by atoms with Crippen molar-refractivity contribution in [1.82, 2.24) is 0 Å². The lowest BCUT2D eigenvalue weighted by Crippen LogP contribution is -2.23. The van der Waals surface area contributed by atoms with Crippen LogP contribution in [0.2, 0.25) is 0 Å². The third kappa shape index (κ3) is 3.75. The van der Waals surface area contributed by atoms with Gasteiger partial charge in [-0.25, -0.2) is 0 Å². The fourth-order valence-corrected chi connectivity index (χ4v) is 3.38. The molecule has 0 bridgehead atoms. The van der Waals surface area contributed by atoms with Gasteiger partial charge in [0.05, 0.1) is 7.11 Å². The molecular weight excluding hydrogens is 232 g/mol. The highest BCUT2D eigenvalue weighted by molar-refractivity contribution is 5.29. The zero-order valence-corrected chi connectivity index (χ0v) is 12.7. The molecule has 0 unspecified atom stereocenters. The molecule has 0 N–H and O–H groups in total. The van der Waals surface area contributed by atoms with Crippen molar-refractivity contribution < 1.29 is 4.74 Å². The van der Waals surface area contributed by atoms with Crippen LogP contribution in [-0.2, 0) is 0 Å². The number of hydrogen-bond donors (Lipinski definition) is 0. The Bertz CT molecular complexity index is 371. The average molecular weight is 260 g/mol. The van der Waals surface area contributed by atoms with E-state index < -0.39 is 0 Å². The van der Waals surface area contributed by atoms with Crippen LogP contribution in [0, 0.1) is 5.41 Å². The second-order valence-corrected chi connectivity index (χ2v) is 6.46. The van der Waals surface area contributed by atoms with E-state index in [2.05, 4.69) is 38.1 Å². The lowest BCUT2D eigenvalue weighted by atomic mass is 9.68. The maximum atomic E-state index is 5.23. The molecule has 1 aromatic rings. The van der Waals surface area contributed by atoms with Crippen molar-refractivity contribution in [2.24, 2.45) is 5.41 Å². The summed E-state index contributed by atoms with van der Waals surface area (Å²) in [7, 11) is 1.73. The zero-order chi connectivity index (χ0) is 13.7. The summed E-state index contributed by atoms with van der Waals surface area (Å²) in [6.45, 7) is 4.79. The topological polar surface area (TPSA) is 9.23 Å². The van der Waals surface area contributed by atoms with Crippen molar-refractivity contribution in [2.75, 3.05) is 7.11 Å². The molecule has 106 valence electrons. The van der Waals surface area contributed by atoms with E-state index >= 15 is 0 Å². The predicted molar refractivity (Wildman–Crippen MR) is 81.8 cm³/mol. The van der Waals surface area contributed by atoms with Gasteiger partial charge in [0.15, 0.2) is 0 Å². The summed E-state index contributed by atoms with van der Waals surface area (Å²) in [6, 6.07) is 8.69. The molecule has 2 rings (SSSR count). The van der Waals surface area contributed by atoms with Gasteiger partial charge in [-0.1, -0.05) is 38.8 Å². The Morgan fingerprint density at radius 2 is 1.79 bits per heavy atom. The number of unbranched alkanes of at least 4 members (excludes halogenated alkanes) is 1. The van der Waals surface area contributed by atoms with Crippen LogP contribution >= 0.6 is 0 Å². The highest BCUT2D eigenvalue weighted by atomic mass is 16.5. The molecule has 0 aromatic heterocycles. The number of rotatable bonds is 5. The number of methoxy groups -OCH3 is 1. The second-order valence-electron chi connectivity index (χ2n) is 6.46. The summed E-state index contributed by atoms with van der Waals surface area (Å²) in [5.74, 6) is 1.73. The van der Waals surface area contributed by atoms with E-state index in [9.17, 15) is 0 Å². The minimum Gasteiger partial charge on any atom is -0.497 e. The second kappa shape index (κ2) is 6.45. The Morgan fingerprint density at radius 3 is 2.32 bits per heavy atom. The van der Waals surface area contributed by atoms with E-state index in [0.29, 0.717) is 5.41 Å². The summed E-state index contributed by atoms with van der Waals surface area (Å²) in [6.07, 6.45) is 9.63. The van der Waals surface area contributed by atoms with Gasteiger partial charge in [0.1, 0.15) is 5.75 Å². The van der Waals surface area contributed by atoms with E-state index in [4.69, 9.17) is 4.74 Å². The third-order valence-corrected chi connectivity index (χ3v) is 4.91. The molecule has 1 saturated carbocycles. The van der Waals surface area contributed by atoms with Gasteiger partial charge in [0.2, 0.25) is 0 Å². The summed E-state index contributed by atoms with van der Waals surface area (Å²) in [5.41, 5.74) is 2.11. The van der Waals surface area contributed by atoms with Crippen LogP contribution < -0.4 is 4.74 Å². The molecule has 0 atom stereocenters. The Kier molecular flexibility index (Phi) is 4.90. The van der Waals surface area contributed by atoms with Crippen LogP contribution in [0.15, 0.2) is 24.3 Å². The van der Waals surface area contributed by atoms with Gasteiger partial charge in [-0.15, -0.1) is 0 Å². The highest BCUT2D eigenvalue weighted by Gasteiger charge is 2.30. The molecule has 0 spiro atoms. The van der Waals surface area contributed by atoms with Crippen molar-refractivity contribution in [3.05, 3.63) is 29.8 Å². The lowest BCUT2D eigenvalue weighted by molar-refractivity contribution is 0.179. The molecule has 1 aliphatic carbocycles. The van der Waals surface area contributed by atoms with Gasteiger partial charge in [0, 0.05) is 0 Å². The fourth-order valence-electron chi connectivity index (χ4n) is 3.38. The van der Waals surface area contributed by atoms with Crippen molar-refractivity contribution >= 4 is 0 Å². The Balaban J connectivity index is 1.91. The SMILES string of the molecule is CCCC[C@]1(C)CC[C@H](c2ccc(OC)cc2)CC1. The molecule has 19 heavy (non-hydrogen) atoms. The minimum atomic E-state index is 0.610. The Morgan fingerprint density at radius 1 is 1.16 bits per heavy atom. The lowest BCUT2D eigenvalue weighted by Gasteiger charge is -2.37. The average Bonchev–Trinajstić information content (AvgIpc) is 2.46. The summed E-state index contributed by atoms with van der Waals surface area (Å²) in [4.78, 5) is 0. The first-order chi connectivity index (χ1) is 9.17. The van der Waals surface area contributed by atoms with Gasteiger partial charge in [-0.2, -0.15) is 0 Å². The summed E-state index contributed by atoms with van der Waals surface area (Å²) in [5, 5.41) is 0. The van der Waals surface area contributed by atoms with Crippen LogP contribution in [0.1, 0.15) is 70.3 Å². The van der Waals surface area contributed by atoms with E-state index in [1.807, 2.05) is 0 Å². The van der Waals surface area contributed by atoms with E-state index in [1.54, 1.807) is 7.11 Å². The van der Waals surface area contributed by atoms with Crippen LogP contribution in [0.3, 0.4) is 0 Å². The number of ether oxygens (including phenoxy) is 1. The van der Waals surface area contributed by atoms with Crippen molar-refractivity contribution in [3.8, 4) is 5.75 Å². The molecule has 1 aliphatic rings. The molecular formula is C18H28O. The van der Waals surface area contributed by atoms with E-state index in [-0.39, 0.29) is 0 Å². The third-order valence-electron chi connectivity index (χ3n) is 4.91. The van der Waals surface area contributed by atoms with Gasteiger partial charge < -0.3 is 4.74 Å². The molecule has 0 radical (unpaired) electrons. The maximum absolute atomic E-state index is 5.23. The molecule has 1 fully saturated rings. The first-order valence-corrected chi connectivity index (χ1v) is 7.81. The quantitative estimate of drug-likeness (QED) is 0.674. The molecule has 0 aliphatic heterocycles. The van der Waals surface area contributed by atoms with Gasteiger partial charge in [-0.3, -0.25) is 0 Å². The molecule has 0 saturated heterocycles. The first-order valence-electron chi connectivity index (χ1n) is 7.81. The van der Waals surface area contributed by atoms with Crippen molar-refractivity contribution in [1.29, 1.82) is 0 Å². The van der Waals surface area contributed by atoms with Crippen LogP contribution in [0.5, 0.6) is 5.75 Å². The first kappa shape index (κ1) is 14.4. The molecule has 0 amide bonds. The molecule has 0 heterocycles. The zero-order valence-electron chi connectivity index (χ0n) is 12.7. The van der Waals surface area contributed by atoms with Gasteiger partial charge in [-0.05, 0) is 61.1 Å². The van der Waals surface area contributed by atoms with Gasteiger partial charge in [0.25, 0.3) is 0 Å². The van der Waals surface area contributed by atoms with E-state index in [0.717, 1.165) is 11.7 Å². The fraction of sp³-hybridized carbons (Fsp3) is 0.667. The highest BCUT2D eigenvalue weighted by Crippen LogP contribution is 2.45. The summed E-state index contributed by atoms with van der Waals surface area (Å²) >= 11 is 0.